The van der Waals surface area contributed by atoms with Crippen molar-refractivity contribution in [1.29, 1.82) is 0 Å². The molecule has 0 saturated heterocycles. The minimum Gasteiger partial charge on any atom is -0.397 e. The zero-order valence-electron chi connectivity index (χ0n) is 11.1. The fourth-order valence-corrected chi connectivity index (χ4v) is 2.75. The zero-order valence-corrected chi connectivity index (χ0v) is 11.9. The third-order valence-electron chi connectivity index (χ3n) is 2.83. The molecule has 1 aromatic heterocycles. The molecule has 18 heavy (non-hydrogen) atoms. The molecular formula is C13H19N3OS. The first-order chi connectivity index (χ1) is 8.61. The molecule has 2 rings (SSSR count). The van der Waals surface area contributed by atoms with Crippen LogP contribution in [0.25, 0.3) is 10.2 Å². The molecule has 4 nitrogen and oxygen atoms in total. The molecule has 1 aromatic carbocycles. The summed E-state index contributed by atoms with van der Waals surface area (Å²) in [6.45, 7) is 6.29. The van der Waals surface area contributed by atoms with Gasteiger partial charge in [0.2, 0.25) is 0 Å². The second-order valence-corrected chi connectivity index (χ2v) is 5.46. The molecule has 2 aromatic rings. The Morgan fingerprint density at radius 3 is 2.94 bits per heavy atom. The Morgan fingerprint density at radius 2 is 2.22 bits per heavy atom. The molecule has 1 heterocycles. The van der Waals surface area contributed by atoms with Crippen LogP contribution in [0.15, 0.2) is 12.1 Å². The van der Waals surface area contributed by atoms with E-state index in [1.54, 1.807) is 11.3 Å². The first-order valence-corrected chi connectivity index (χ1v) is 6.89. The molecule has 0 saturated carbocycles. The number of nitrogens with two attached hydrogens (primary N) is 1. The Hall–Kier alpha value is -1.33. The monoisotopic (exact) mass is 265 g/mol. The molecule has 0 atom stereocenters. The number of benzene rings is 1. The van der Waals surface area contributed by atoms with E-state index in [4.69, 9.17) is 10.5 Å². The minimum atomic E-state index is 0.709. The van der Waals surface area contributed by atoms with Crippen molar-refractivity contribution in [3.8, 4) is 0 Å². The number of aryl methyl sites for hydroxylation is 1. The Bertz CT molecular complexity index is 538. The van der Waals surface area contributed by atoms with E-state index >= 15 is 0 Å². The SMILES string of the molecule is CCOCCN(C)c1cc2nc(C)sc2cc1N. The summed E-state index contributed by atoms with van der Waals surface area (Å²) < 4.78 is 6.51. The lowest BCUT2D eigenvalue weighted by molar-refractivity contribution is 0.154. The van der Waals surface area contributed by atoms with Crippen molar-refractivity contribution < 1.29 is 4.74 Å². The lowest BCUT2D eigenvalue weighted by atomic mass is 10.2. The van der Waals surface area contributed by atoms with Gasteiger partial charge in [-0.1, -0.05) is 0 Å². The molecule has 0 radical (unpaired) electrons. The Morgan fingerprint density at radius 1 is 1.44 bits per heavy atom. The van der Waals surface area contributed by atoms with Crippen molar-refractivity contribution in [2.45, 2.75) is 13.8 Å². The normalized spacial score (nSPS) is 11.1. The Balaban J connectivity index is 2.23. The van der Waals surface area contributed by atoms with Crippen LogP contribution in [0.4, 0.5) is 11.4 Å². The van der Waals surface area contributed by atoms with Crippen molar-refractivity contribution >= 4 is 32.9 Å². The van der Waals surface area contributed by atoms with Gasteiger partial charge in [0.05, 0.1) is 33.2 Å². The number of rotatable bonds is 5. The van der Waals surface area contributed by atoms with Gasteiger partial charge >= 0.3 is 0 Å². The van der Waals surface area contributed by atoms with Crippen LogP contribution in [0.5, 0.6) is 0 Å². The van der Waals surface area contributed by atoms with E-state index in [-0.39, 0.29) is 0 Å². The van der Waals surface area contributed by atoms with Gasteiger partial charge in [-0.3, -0.25) is 0 Å². The van der Waals surface area contributed by atoms with Crippen LogP contribution in [-0.2, 0) is 4.74 Å². The molecule has 0 aliphatic carbocycles. The second-order valence-electron chi connectivity index (χ2n) is 4.23. The molecule has 0 aliphatic rings. The standard InChI is InChI=1S/C13H19N3OS/c1-4-17-6-5-16(3)12-8-11-13(7-10(12)14)18-9(2)15-11/h7-8H,4-6,14H2,1-3H3. The van der Waals surface area contributed by atoms with Crippen LogP contribution in [-0.4, -0.2) is 31.8 Å². The van der Waals surface area contributed by atoms with Crippen molar-refractivity contribution in [3.05, 3.63) is 17.1 Å². The maximum atomic E-state index is 6.10. The van der Waals surface area contributed by atoms with Gasteiger partial charge in [-0.2, -0.15) is 0 Å². The summed E-state index contributed by atoms with van der Waals surface area (Å²) in [7, 11) is 2.02. The largest absolute Gasteiger partial charge is 0.397 e. The smallest absolute Gasteiger partial charge is 0.0907 e. The summed E-state index contributed by atoms with van der Waals surface area (Å²) in [5, 5.41) is 1.07. The van der Waals surface area contributed by atoms with Crippen molar-refractivity contribution in [1.82, 2.24) is 4.98 Å². The van der Waals surface area contributed by atoms with E-state index in [0.29, 0.717) is 6.61 Å². The van der Waals surface area contributed by atoms with Gasteiger partial charge in [-0.05, 0) is 26.0 Å². The molecule has 0 aliphatic heterocycles. The topological polar surface area (TPSA) is 51.4 Å². The number of likely N-dealkylation sites (N-methyl/N-ethyl adjacent to an activating group) is 1. The summed E-state index contributed by atoms with van der Waals surface area (Å²) in [5.41, 5.74) is 8.93. The van der Waals surface area contributed by atoms with E-state index in [9.17, 15) is 0 Å². The molecule has 98 valence electrons. The second kappa shape index (κ2) is 5.54. The van der Waals surface area contributed by atoms with Gasteiger partial charge in [-0.15, -0.1) is 11.3 Å². The highest BCUT2D eigenvalue weighted by Gasteiger charge is 2.09. The number of nitrogens with zero attached hydrogens (tertiary/aromatic N) is 2. The van der Waals surface area contributed by atoms with Crippen molar-refractivity contribution in [3.63, 3.8) is 0 Å². The van der Waals surface area contributed by atoms with E-state index < -0.39 is 0 Å². The highest BCUT2D eigenvalue weighted by atomic mass is 32.1. The first kappa shape index (κ1) is 13.1. The van der Waals surface area contributed by atoms with E-state index in [2.05, 4.69) is 16.0 Å². The number of anilines is 2. The third kappa shape index (κ3) is 2.73. The van der Waals surface area contributed by atoms with E-state index in [1.807, 2.05) is 27.0 Å². The average molecular weight is 265 g/mol. The van der Waals surface area contributed by atoms with Crippen molar-refractivity contribution in [2.24, 2.45) is 0 Å². The molecule has 5 heteroatoms. The van der Waals surface area contributed by atoms with Gasteiger partial charge in [0.15, 0.2) is 0 Å². The summed E-state index contributed by atoms with van der Waals surface area (Å²) >= 11 is 1.67. The van der Waals surface area contributed by atoms with E-state index in [0.717, 1.165) is 39.8 Å². The predicted molar refractivity (Wildman–Crippen MR) is 78.5 cm³/mol. The average Bonchev–Trinajstić information content (AvgIpc) is 2.67. The highest BCUT2D eigenvalue weighted by molar-refractivity contribution is 7.18. The first-order valence-electron chi connectivity index (χ1n) is 6.07. The number of thiazole rings is 1. The quantitative estimate of drug-likeness (QED) is 0.667. The maximum Gasteiger partial charge on any atom is 0.0907 e. The summed E-state index contributed by atoms with van der Waals surface area (Å²) in [6.07, 6.45) is 0. The molecule has 2 N–H and O–H groups in total. The fourth-order valence-electron chi connectivity index (χ4n) is 1.89. The summed E-state index contributed by atoms with van der Waals surface area (Å²) in [5.74, 6) is 0. The van der Waals surface area contributed by atoms with Crippen LogP contribution in [0, 0.1) is 6.92 Å². The van der Waals surface area contributed by atoms with Crippen LogP contribution in [0.3, 0.4) is 0 Å². The van der Waals surface area contributed by atoms with Crippen LogP contribution < -0.4 is 10.6 Å². The molecule has 0 unspecified atom stereocenters. The van der Waals surface area contributed by atoms with Crippen LogP contribution >= 0.6 is 11.3 Å². The van der Waals surface area contributed by atoms with Crippen molar-refractivity contribution in [2.75, 3.05) is 37.4 Å². The summed E-state index contributed by atoms with van der Waals surface area (Å²) in [6, 6.07) is 4.06. The van der Waals surface area contributed by atoms with Gasteiger partial charge < -0.3 is 15.4 Å². The number of hydrogen-bond donors (Lipinski definition) is 1. The lowest BCUT2D eigenvalue weighted by Crippen LogP contribution is -2.23. The van der Waals surface area contributed by atoms with Gasteiger partial charge in [0, 0.05) is 20.2 Å². The third-order valence-corrected chi connectivity index (χ3v) is 3.76. The molecule has 0 bridgehead atoms. The number of nitrogen functional groups attached to an aromatic ring is 1. The fraction of sp³-hybridized carbons (Fsp3) is 0.462. The number of ether oxygens (including phenoxy) is 1. The van der Waals surface area contributed by atoms with Gasteiger partial charge in [-0.25, -0.2) is 4.98 Å². The summed E-state index contributed by atoms with van der Waals surface area (Å²) in [4.78, 5) is 6.61. The number of aromatic nitrogens is 1. The molecule has 0 spiro atoms. The zero-order chi connectivity index (χ0) is 13.1. The minimum absolute atomic E-state index is 0.709. The number of fused-ring (bicyclic) bond motifs is 1. The van der Waals surface area contributed by atoms with Crippen LogP contribution in [0.1, 0.15) is 11.9 Å². The Labute approximate surface area is 111 Å². The molecule has 0 amide bonds. The van der Waals surface area contributed by atoms with Crippen LogP contribution in [0.2, 0.25) is 0 Å². The van der Waals surface area contributed by atoms with E-state index in [1.165, 1.54) is 0 Å². The molecular weight excluding hydrogens is 246 g/mol. The van der Waals surface area contributed by atoms with Gasteiger partial charge in [0.25, 0.3) is 0 Å². The maximum absolute atomic E-state index is 6.10. The highest BCUT2D eigenvalue weighted by Crippen LogP contribution is 2.31. The van der Waals surface area contributed by atoms with Gasteiger partial charge in [0.1, 0.15) is 0 Å². The predicted octanol–water partition coefficient (Wildman–Crippen LogP) is 2.66. The Kier molecular flexibility index (Phi) is 4.04. The number of hydrogen-bond acceptors (Lipinski definition) is 5. The molecule has 0 fully saturated rings. The lowest BCUT2D eigenvalue weighted by Gasteiger charge is -2.20.